The summed E-state index contributed by atoms with van der Waals surface area (Å²) in [5.74, 6) is -4.84. The lowest BCUT2D eigenvalue weighted by Gasteiger charge is -2.29. The van der Waals surface area contributed by atoms with Crippen molar-refractivity contribution in [3.63, 3.8) is 0 Å². The molecule has 46 heavy (non-hydrogen) atoms. The van der Waals surface area contributed by atoms with Crippen LogP contribution in [-0.2, 0) is 43.1 Å². The van der Waals surface area contributed by atoms with Gasteiger partial charge < -0.3 is 39.1 Å². The predicted molar refractivity (Wildman–Crippen MR) is 144 cm³/mol. The van der Waals surface area contributed by atoms with Gasteiger partial charge in [-0.3, -0.25) is 4.79 Å². The maximum atomic E-state index is 12.8. The van der Waals surface area contributed by atoms with Gasteiger partial charge in [0, 0.05) is 5.56 Å². The summed E-state index contributed by atoms with van der Waals surface area (Å²) in [6.07, 6.45) is -1.96. The minimum absolute atomic E-state index is 0.199. The maximum absolute atomic E-state index is 12.8. The Kier molecular flexibility index (Phi) is 14.0. The van der Waals surface area contributed by atoms with Crippen LogP contribution in [-0.4, -0.2) is 89.9 Å². The van der Waals surface area contributed by atoms with Crippen LogP contribution in [0, 0.1) is 35.8 Å². The second kappa shape index (κ2) is 17.9. The van der Waals surface area contributed by atoms with Gasteiger partial charge in [0.2, 0.25) is 6.10 Å². The predicted octanol–water partition coefficient (Wildman–Crippen LogP) is 0.325. The molecule has 2 rings (SSSR count). The van der Waals surface area contributed by atoms with Gasteiger partial charge in [-0.05, 0) is 17.7 Å². The van der Waals surface area contributed by atoms with Crippen molar-refractivity contribution in [2.75, 3.05) is 39.6 Å². The van der Waals surface area contributed by atoms with E-state index in [-0.39, 0.29) is 11.1 Å². The smallest absolute Gasteiger partial charge is 0.347 e. The van der Waals surface area contributed by atoms with E-state index >= 15 is 0 Å². The molecule has 0 saturated carbocycles. The Labute approximate surface area is 257 Å². The van der Waals surface area contributed by atoms with Gasteiger partial charge in [0.05, 0.1) is 5.41 Å². The summed E-state index contributed by atoms with van der Waals surface area (Å²) in [4.78, 5) is 93.9. The van der Waals surface area contributed by atoms with E-state index in [1.54, 1.807) is 36.4 Å². The van der Waals surface area contributed by atoms with Crippen LogP contribution in [0.4, 0.5) is 0 Å². The first-order valence-corrected chi connectivity index (χ1v) is 12.7. The van der Waals surface area contributed by atoms with Crippen LogP contribution in [0.2, 0.25) is 0 Å². The monoisotopic (exact) mass is 654 g/mol. The molecule has 2 aromatic carbocycles. The van der Waals surface area contributed by atoms with Crippen molar-refractivity contribution < 1.29 is 68.3 Å². The van der Waals surface area contributed by atoms with Gasteiger partial charge in [-0.15, -0.1) is 30.3 Å². The van der Waals surface area contributed by atoms with Crippen molar-refractivity contribution in [3.05, 3.63) is 102 Å². The molecule has 0 aliphatic heterocycles. The standard InChI is InChI=1S/C25H26N4O17/c30-19(42-13-25(14-43-27(35)36,15-44-28(37)38)16-45-29(39)40)11-41-12-20(31)46-22(24(33)34)21(17-7-3-1-4-8-17)26-23(32)18-9-5-2-6-10-18/h1-10,21-22H,11-16H2,(H,26,32)(H,33,34)/t21-,22+/m0/s1. The number of carboxylic acid groups (broad SMARTS) is 1. The quantitative estimate of drug-likeness (QED) is 0.104. The molecule has 0 bridgehead atoms. The fraction of sp³-hybridized carbons (Fsp3) is 0.360. The maximum Gasteiger partial charge on any atom is 0.347 e. The second-order valence-electron chi connectivity index (χ2n) is 9.12. The van der Waals surface area contributed by atoms with Crippen molar-refractivity contribution in [1.29, 1.82) is 0 Å². The molecule has 21 heteroatoms. The Morgan fingerprint density at radius 2 is 1.22 bits per heavy atom. The summed E-state index contributed by atoms with van der Waals surface area (Å²) in [6, 6.07) is 14.2. The number of benzene rings is 2. The number of carboxylic acids is 1. The van der Waals surface area contributed by atoms with Gasteiger partial charge in [0.15, 0.2) is 0 Å². The molecule has 2 aromatic rings. The van der Waals surface area contributed by atoms with Crippen LogP contribution >= 0.6 is 0 Å². The number of esters is 2. The number of amides is 1. The minimum atomic E-state index is -2.12. The molecule has 0 aliphatic carbocycles. The van der Waals surface area contributed by atoms with Crippen molar-refractivity contribution in [3.8, 4) is 0 Å². The fourth-order valence-corrected chi connectivity index (χ4v) is 3.56. The highest BCUT2D eigenvalue weighted by atomic mass is 17.0. The highest BCUT2D eigenvalue weighted by molar-refractivity contribution is 5.95. The van der Waals surface area contributed by atoms with Crippen molar-refractivity contribution in [1.82, 2.24) is 5.32 Å². The van der Waals surface area contributed by atoms with E-state index in [9.17, 15) is 54.6 Å². The number of hydrogen-bond donors (Lipinski definition) is 2. The van der Waals surface area contributed by atoms with Crippen LogP contribution in [0.15, 0.2) is 60.7 Å². The van der Waals surface area contributed by atoms with Gasteiger partial charge >= 0.3 is 17.9 Å². The Morgan fingerprint density at radius 3 is 1.70 bits per heavy atom. The zero-order valence-corrected chi connectivity index (χ0v) is 23.5. The third-order valence-corrected chi connectivity index (χ3v) is 5.69. The molecule has 0 spiro atoms. The molecule has 0 heterocycles. The number of ether oxygens (including phenoxy) is 3. The molecule has 1 amide bonds. The van der Waals surface area contributed by atoms with Crippen molar-refractivity contribution in [2.24, 2.45) is 5.41 Å². The first-order valence-electron chi connectivity index (χ1n) is 12.7. The molecule has 0 aliphatic rings. The summed E-state index contributed by atoms with van der Waals surface area (Å²) < 4.78 is 14.8. The molecule has 0 fully saturated rings. The van der Waals surface area contributed by atoms with Gasteiger partial charge in [-0.1, -0.05) is 48.5 Å². The van der Waals surface area contributed by atoms with Gasteiger partial charge in [0.25, 0.3) is 21.2 Å². The van der Waals surface area contributed by atoms with Crippen LogP contribution in [0.1, 0.15) is 22.0 Å². The number of aliphatic carboxylic acids is 1. The molecule has 0 aromatic heterocycles. The van der Waals surface area contributed by atoms with E-state index in [0.717, 1.165) is 0 Å². The third-order valence-electron chi connectivity index (χ3n) is 5.69. The Bertz CT molecular complexity index is 1330. The Balaban J connectivity index is 2.04. The lowest BCUT2D eigenvalue weighted by molar-refractivity contribution is -0.782. The SMILES string of the molecule is O=C(COCC(=O)O[C@@H](C(=O)O)[C@@H](NC(=O)c1ccccc1)c1ccccc1)OCC(CO[N+](=O)[O-])(CO[N+](=O)[O-])CO[N+](=O)[O-]. The highest BCUT2D eigenvalue weighted by Crippen LogP contribution is 2.22. The zero-order valence-electron chi connectivity index (χ0n) is 23.5. The summed E-state index contributed by atoms with van der Waals surface area (Å²) in [5.41, 5.74) is -1.64. The van der Waals surface area contributed by atoms with Gasteiger partial charge in [-0.2, -0.15) is 0 Å². The van der Waals surface area contributed by atoms with Gasteiger partial charge in [-0.25, -0.2) is 14.4 Å². The largest absolute Gasteiger partial charge is 0.478 e. The molecule has 2 atom stereocenters. The summed E-state index contributed by atoms with van der Waals surface area (Å²) in [6.45, 7) is -6.29. The Morgan fingerprint density at radius 1 is 0.739 bits per heavy atom. The highest BCUT2D eigenvalue weighted by Gasteiger charge is 2.38. The molecule has 0 unspecified atom stereocenters. The van der Waals surface area contributed by atoms with Crippen molar-refractivity contribution in [2.45, 2.75) is 12.1 Å². The van der Waals surface area contributed by atoms with Crippen LogP contribution in [0.5, 0.6) is 0 Å². The summed E-state index contributed by atoms with van der Waals surface area (Å²) >= 11 is 0. The van der Waals surface area contributed by atoms with E-state index in [2.05, 4.69) is 19.8 Å². The van der Waals surface area contributed by atoms with Crippen LogP contribution in [0.25, 0.3) is 0 Å². The Hall–Kier alpha value is -6.12. The topological polar surface area (TPSA) is 285 Å². The average molecular weight is 654 g/mol. The minimum Gasteiger partial charge on any atom is -0.478 e. The number of carbonyl (C=O) groups is 4. The number of carbonyl (C=O) groups excluding carboxylic acids is 3. The van der Waals surface area contributed by atoms with Crippen LogP contribution < -0.4 is 5.32 Å². The number of hydrogen-bond acceptors (Lipinski definition) is 16. The number of nitrogens with zero attached hydrogens (tertiary/aromatic N) is 3. The second-order valence-corrected chi connectivity index (χ2v) is 9.12. The molecule has 2 N–H and O–H groups in total. The molecule has 0 saturated heterocycles. The van der Waals surface area contributed by atoms with E-state index < -0.39 is 96.3 Å². The fourth-order valence-electron chi connectivity index (χ4n) is 3.56. The summed E-state index contributed by atoms with van der Waals surface area (Å²) in [7, 11) is 0. The molecule has 248 valence electrons. The number of nitrogens with one attached hydrogen (secondary N) is 1. The van der Waals surface area contributed by atoms with Gasteiger partial charge in [0.1, 0.15) is 45.7 Å². The average Bonchev–Trinajstić information content (AvgIpc) is 3.02. The third kappa shape index (κ3) is 12.6. The molecular formula is C25H26N4O17. The summed E-state index contributed by atoms with van der Waals surface area (Å²) in [5, 5.41) is 40.3. The van der Waals surface area contributed by atoms with Crippen molar-refractivity contribution >= 4 is 23.8 Å². The first-order chi connectivity index (χ1) is 21.8. The molecule has 21 nitrogen and oxygen atoms in total. The lowest BCUT2D eigenvalue weighted by Crippen LogP contribution is -2.44. The number of rotatable bonds is 21. The van der Waals surface area contributed by atoms with E-state index in [1.807, 2.05) is 0 Å². The zero-order chi connectivity index (χ0) is 34.1. The normalized spacial score (nSPS) is 12.0. The van der Waals surface area contributed by atoms with E-state index in [1.165, 1.54) is 24.3 Å². The van der Waals surface area contributed by atoms with E-state index in [0.29, 0.717) is 0 Å². The van der Waals surface area contributed by atoms with Crippen LogP contribution in [0.3, 0.4) is 0 Å². The first kappa shape index (κ1) is 36.1. The lowest BCUT2D eigenvalue weighted by atomic mass is 9.92. The molecule has 0 radical (unpaired) electrons. The van der Waals surface area contributed by atoms with E-state index in [4.69, 9.17) is 14.2 Å². The molecular weight excluding hydrogens is 628 g/mol.